The molecule has 3 rings (SSSR count). The predicted molar refractivity (Wildman–Crippen MR) is 101 cm³/mol. The number of hydrogen-bond donors (Lipinski definition) is 1. The molecule has 0 atom stereocenters. The molecule has 5 heteroatoms. The Hall–Kier alpha value is -3.60. The van der Waals surface area contributed by atoms with Gasteiger partial charge in [0.1, 0.15) is 17.2 Å². The second kappa shape index (κ2) is 8.48. The van der Waals surface area contributed by atoms with Crippen LogP contribution in [-0.2, 0) is 0 Å². The monoisotopic (exact) mass is 346 g/mol. The van der Waals surface area contributed by atoms with Crippen molar-refractivity contribution in [1.82, 2.24) is 5.43 Å². The standard InChI is InChI=1S/C21H18N2O3/c1-25-18-12-10-17(11-13-18)21(24)23-22-15-16-6-5-9-20(14-16)26-19-7-3-2-4-8-19/h2-15H,1H3,(H,23,24)/b22-15-. The normalized spacial score (nSPS) is 10.5. The second-order valence-corrected chi connectivity index (χ2v) is 5.42. The first-order valence-electron chi connectivity index (χ1n) is 8.05. The largest absolute Gasteiger partial charge is 0.497 e. The summed E-state index contributed by atoms with van der Waals surface area (Å²) < 4.78 is 10.8. The number of para-hydroxylation sites is 1. The Labute approximate surface area is 151 Å². The topological polar surface area (TPSA) is 59.9 Å². The van der Waals surface area contributed by atoms with E-state index in [1.54, 1.807) is 37.6 Å². The SMILES string of the molecule is COc1ccc(C(=O)N/N=C\c2cccc(Oc3ccccc3)c2)cc1. The minimum Gasteiger partial charge on any atom is -0.497 e. The molecule has 3 aromatic rings. The van der Waals surface area contributed by atoms with Crippen LogP contribution in [0.1, 0.15) is 15.9 Å². The summed E-state index contributed by atoms with van der Waals surface area (Å²) in [7, 11) is 1.58. The lowest BCUT2D eigenvalue weighted by Gasteiger charge is -2.06. The Kier molecular flexibility index (Phi) is 5.62. The zero-order chi connectivity index (χ0) is 18.2. The Bertz CT molecular complexity index is 891. The summed E-state index contributed by atoms with van der Waals surface area (Å²) in [5, 5.41) is 4.00. The summed E-state index contributed by atoms with van der Waals surface area (Å²) in [5.74, 6) is 1.86. The highest BCUT2D eigenvalue weighted by Crippen LogP contribution is 2.21. The zero-order valence-electron chi connectivity index (χ0n) is 14.3. The number of ether oxygens (including phenoxy) is 2. The number of nitrogens with zero attached hydrogens (tertiary/aromatic N) is 1. The van der Waals surface area contributed by atoms with Crippen molar-refractivity contribution in [2.45, 2.75) is 0 Å². The Balaban J connectivity index is 1.61. The van der Waals surface area contributed by atoms with E-state index in [4.69, 9.17) is 9.47 Å². The van der Waals surface area contributed by atoms with Gasteiger partial charge in [0.15, 0.2) is 0 Å². The lowest BCUT2D eigenvalue weighted by atomic mass is 10.2. The number of benzene rings is 3. The fourth-order valence-corrected chi connectivity index (χ4v) is 2.26. The molecule has 130 valence electrons. The first-order valence-corrected chi connectivity index (χ1v) is 8.05. The summed E-state index contributed by atoms with van der Waals surface area (Å²) in [6.07, 6.45) is 1.57. The van der Waals surface area contributed by atoms with E-state index in [-0.39, 0.29) is 5.91 Å². The van der Waals surface area contributed by atoms with Crippen LogP contribution in [0.2, 0.25) is 0 Å². The van der Waals surface area contributed by atoms with E-state index < -0.39 is 0 Å². The average molecular weight is 346 g/mol. The molecular formula is C21H18N2O3. The Morgan fingerprint density at radius 3 is 2.35 bits per heavy atom. The maximum atomic E-state index is 12.1. The highest BCUT2D eigenvalue weighted by atomic mass is 16.5. The van der Waals surface area contributed by atoms with E-state index >= 15 is 0 Å². The van der Waals surface area contributed by atoms with Gasteiger partial charge in [-0.15, -0.1) is 0 Å². The number of rotatable bonds is 6. The molecule has 0 fully saturated rings. The molecule has 0 spiro atoms. The van der Waals surface area contributed by atoms with Gasteiger partial charge >= 0.3 is 0 Å². The van der Waals surface area contributed by atoms with Crippen molar-refractivity contribution in [3.05, 3.63) is 90.0 Å². The van der Waals surface area contributed by atoms with Gasteiger partial charge in [-0.2, -0.15) is 5.10 Å². The zero-order valence-corrected chi connectivity index (χ0v) is 14.3. The van der Waals surface area contributed by atoms with Gasteiger partial charge in [0.05, 0.1) is 13.3 Å². The van der Waals surface area contributed by atoms with Gasteiger partial charge in [0.25, 0.3) is 5.91 Å². The summed E-state index contributed by atoms with van der Waals surface area (Å²) in [4.78, 5) is 12.1. The number of hydrogen-bond acceptors (Lipinski definition) is 4. The van der Waals surface area contributed by atoms with Crippen molar-refractivity contribution in [1.29, 1.82) is 0 Å². The van der Waals surface area contributed by atoms with E-state index in [0.29, 0.717) is 17.1 Å². The van der Waals surface area contributed by atoms with Gasteiger partial charge in [-0.3, -0.25) is 4.79 Å². The van der Waals surface area contributed by atoms with Gasteiger partial charge in [0, 0.05) is 5.56 Å². The number of nitrogens with one attached hydrogen (secondary N) is 1. The molecule has 3 aromatic carbocycles. The minimum absolute atomic E-state index is 0.291. The van der Waals surface area contributed by atoms with Crippen LogP contribution in [0.5, 0.6) is 17.2 Å². The van der Waals surface area contributed by atoms with Gasteiger partial charge in [-0.25, -0.2) is 5.43 Å². The van der Waals surface area contributed by atoms with E-state index in [1.165, 1.54) is 0 Å². The van der Waals surface area contributed by atoms with E-state index in [2.05, 4.69) is 10.5 Å². The lowest BCUT2D eigenvalue weighted by Crippen LogP contribution is -2.17. The number of hydrazone groups is 1. The third-order valence-corrected chi connectivity index (χ3v) is 3.57. The minimum atomic E-state index is -0.291. The highest BCUT2D eigenvalue weighted by Gasteiger charge is 2.04. The molecule has 1 amide bonds. The molecule has 0 saturated carbocycles. The van der Waals surface area contributed by atoms with Crippen molar-refractivity contribution < 1.29 is 14.3 Å². The number of carbonyl (C=O) groups is 1. The molecule has 0 unspecified atom stereocenters. The highest BCUT2D eigenvalue weighted by molar-refractivity contribution is 5.95. The summed E-state index contributed by atoms with van der Waals surface area (Å²) in [6, 6.07) is 23.8. The molecular weight excluding hydrogens is 328 g/mol. The smallest absolute Gasteiger partial charge is 0.271 e. The molecule has 0 heterocycles. The van der Waals surface area contributed by atoms with Crippen molar-refractivity contribution in [3.63, 3.8) is 0 Å². The quantitative estimate of drug-likeness (QED) is 0.536. The first kappa shape index (κ1) is 17.2. The molecule has 0 aliphatic rings. The van der Waals surface area contributed by atoms with Crippen molar-refractivity contribution >= 4 is 12.1 Å². The molecule has 0 aromatic heterocycles. The fraction of sp³-hybridized carbons (Fsp3) is 0.0476. The molecule has 0 saturated heterocycles. The Morgan fingerprint density at radius 1 is 0.885 bits per heavy atom. The van der Waals surface area contributed by atoms with Crippen LogP contribution in [0.25, 0.3) is 0 Å². The lowest BCUT2D eigenvalue weighted by molar-refractivity contribution is 0.0955. The van der Waals surface area contributed by atoms with Crippen LogP contribution >= 0.6 is 0 Å². The van der Waals surface area contributed by atoms with Gasteiger partial charge in [0.2, 0.25) is 0 Å². The molecule has 0 aliphatic heterocycles. The molecule has 0 aliphatic carbocycles. The Morgan fingerprint density at radius 2 is 1.62 bits per heavy atom. The molecule has 26 heavy (non-hydrogen) atoms. The predicted octanol–water partition coefficient (Wildman–Crippen LogP) is 4.25. The van der Waals surface area contributed by atoms with Crippen molar-refractivity contribution in [2.24, 2.45) is 5.10 Å². The summed E-state index contributed by atoms with van der Waals surface area (Å²) >= 11 is 0. The number of amides is 1. The van der Waals surface area contributed by atoms with Crippen LogP contribution in [-0.4, -0.2) is 19.2 Å². The second-order valence-electron chi connectivity index (χ2n) is 5.42. The maximum Gasteiger partial charge on any atom is 0.271 e. The van der Waals surface area contributed by atoms with Crippen LogP contribution < -0.4 is 14.9 Å². The molecule has 0 bridgehead atoms. The third-order valence-electron chi connectivity index (χ3n) is 3.57. The first-order chi connectivity index (χ1) is 12.7. The van der Waals surface area contributed by atoms with Crippen LogP contribution in [0.15, 0.2) is 84.0 Å². The molecule has 1 N–H and O–H groups in total. The van der Waals surface area contributed by atoms with Crippen LogP contribution in [0, 0.1) is 0 Å². The third kappa shape index (κ3) is 4.70. The fourth-order valence-electron chi connectivity index (χ4n) is 2.26. The van der Waals surface area contributed by atoms with Crippen molar-refractivity contribution in [3.8, 4) is 17.2 Å². The van der Waals surface area contributed by atoms with Crippen molar-refractivity contribution in [2.75, 3.05) is 7.11 Å². The van der Waals surface area contributed by atoms with E-state index in [9.17, 15) is 4.79 Å². The van der Waals surface area contributed by atoms with E-state index in [0.717, 1.165) is 11.3 Å². The number of carbonyl (C=O) groups excluding carboxylic acids is 1. The maximum absolute atomic E-state index is 12.1. The van der Waals surface area contributed by atoms with Gasteiger partial charge in [-0.1, -0.05) is 30.3 Å². The summed E-state index contributed by atoms with van der Waals surface area (Å²) in [5.41, 5.74) is 3.82. The molecule has 5 nitrogen and oxygen atoms in total. The van der Waals surface area contributed by atoms with Crippen LogP contribution in [0.4, 0.5) is 0 Å². The van der Waals surface area contributed by atoms with Crippen LogP contribution in [0.3, 0.4) is 0 Å². The average Bonchev–Trinajstić information content (AvgIpc) is 2.69. The van der Waals surface area contributed by atoms with E-state index in [1.807, 2.05) is 54.6 Å². The van der Waals surface area contributed by atoms with Gasteiger partial charge < -0.3 is 9.47 Å². The van der Waals surface area contributed by atoms with Gasteiger partial charge in [-0.05, 0) is 54.1 Å². The molecule has 0 radical (unpaired) electrons. The summed E-state index contributed by atoms with van der Waals surface area (Å²) in [6.45, 7) is 0. The number of methoxy groups -OCH3 is 1.